The summed E-state index contributed by atoms with van der Waals surface area (Å²) in [5, 5.41) is 13.8. The molecule has 0 aromatic heterocycles. The fraction of sp³-hybridized carbons (Fsp3) is 0.744. The predicted octanol–water partition coefficient (Wildman–Crippen LogP) is 10.1. The molecule has 10 heteroatoms. The summed E-state index contributed by atoms with van der Waals surface area (Å²) >= 11 is 0. The molecule has 53 heavy (non-hydrogen) atoms. The molecule has 0 aromatic rings. The Morgan fingerprint density at radius 2 is 1.28 bits per heavy atom. The van der Waals surface area contributed by atoms with Gasteiger partial charge in [0.1, 0.15) is 13.2 Å². The first kappa shape index (κ1) is 49.2. The van der Waals surface area contributed by atoms with Gasteiger partial charge in [-0.15, -0.1) is 0 Å². The Morgan fingerprint density at radius 1 is 0.736 bits per heavy atom. The zero-order valence-electron chi connectivity index (χ0n) is 34.2. The van der Waals surface area contributed by atoms with Crippen molar-refractivity contribution in [3.63, 3.8) is 0 Å². The molecule has 0 bridgehead atoms. The Hall–Kier alpha value is -1.84. The average Bonchev–Trinajstić information content (AvgIpc) is 3.86. The number of ether oxygens (including phenoxy) is 1. The van der Waals surface area contributed by atoms with Crippen molar-refractivity contribution < 1.29 is 37.6 Å². The van der Waals surface area contributed by atoms with Crippen molar-refractivity contribution in [1.29, 1.82) is 0 Å². The molecule has 1 aliphatic rings. The predicted molar refractivity (Wildman–Crippen MR) is 221 cm³/mol. The Morgan fingerprint density at radius 3 is 1.94 bits per heavy atom. The first-order valence-electron chi connectivity index (χ1n) is 20.8. The number of aliphatic hydroxyl groups is 1. The number of aliphatic hydroxyl groups excluding tert-OH is 1. The topological polar surface area (TPSA) is 118 Å². The van der Waals surface area contributed by atoms with Crippen molar-refractivity contribution in [3.05, 3.63) is 60.8 Å². The molecule has 1 heterocycles. The lowest BCUT2D eigenvalue weighted by Crippen LogP contribution is -2.45. The number of phosphoric ester groups is 1. The third-order valence-corrected chi connectivity index (χ3v) is 10.1. The lowest BCUT2D eigenvalue weighted by molar-refractivity contribution is -0.870. The third-order valence-electron chi connectivity index (χ3n) is 9.08. The van der Waals surface area contributed by atoms with E-state index in [1.165, 1.54) is 70.6 Å². The van der Waals surface area contributed by atoms with E-state index in [2.05, 4.69) is 67.8 Å². The summed E-state index contributed by atoms with van der Waals surface area (Å²) < 4.78 is 29.3. The zero-order chi connectivity index (χ0) is 39.0. The number of allylic oxidation sites excluding steroid dienone is 7. The molecule has 1 aliphatic heterocycles. The highest BCUT2D eigenvalue weighted by Gasteiger charge is 2.36. The van der Waals surface area contributed by atoms with Gasteiger partial charge in [0.2, 0.25) is 5.91 Å². The monoisotopic (exact) mass is 766 g/mol. The van der Waals surface area contributed by atoms with Crippen molar-refractivity contribution in [2.75, 3.05) is 40.9 Å². The van der Waals surface area contributed by atoms with E-state index in [9.17, 15) is 19.4 Å². The number of unbranched alkanes of at least 4 members (excludes halogenated alkanes) is 12. The summed E-state index contributed by atoms with van der Waals surface area (Å²) in [6.07, 6.45) is 41.7. The van der Waals surface area contributed by atoms with Gasteiger partial charge in [-0.05, 0) is 77.0 Å². The van der Waals surface area contributed by atoms with Crippen LogP contribution in [-0.2, 0) is 23.1 Å². The molecule has 1 saturated heterocycles. The molecule has 5 atom stereocenters. The molecule has 1 rings (SSSR count). The van der Waals surface area contributed by atoms with Crippen LogP contribution in [0.1, 0.15) is 142 Å². The van der Waals surface area contributed by atoms with Gasteiger partial charge in [0, 0.05) is 6.42 Å². The average molecular weight is 766 g/mol. The normalized spacial score (nSPS) is 18.9. The van der Waals surface area contributed by atoms with Crippen LogP contribution in [0, 0.1) is 0 Å². The number of likely N-dealkylation sites (N-methyl/N-ethyl adjacent to an activating group) is 1. The number of rotatable bonds is 35. The molecule has 0 radical (unpaired) electrons. The van der Waals surface area contributed by atoms with Crippen LogP contribution in [0.25, 0.3) is 0 Å². The molecule has 0 aliphatic carbocycles. The van der Waals surface area contributed by atoms with Crippen molar-refractivity contribution in [3.8, 4) is 0 Å². The molecule has 306 valence electrons. The van der Waals surface area contributed by atoms with Gasteiger partial charge in [0.05, 0.1) is 52.1 Å². The number of hydrogen-bond donors (Lipinski definition) is 3. The van der Waals surface area contributed by atoms with Crippen LogP contribution in [0.3, 0.4) is 0 Å². The zero-order valence-corrected chi connectivity index (χ0v) is 35.1. The molecule has 1 amide bonds. The quantitative estimate of drug-likeness (QED) is 0.0193. The number of nitrogens with one attached hydrogen (secondary N) is 1. The summed E-state index contributed by atoms with van der Waals surface area (Å²) in [6.45, 7) is 4.64. The van der Waals surface area contributed by atoms with Gasteiger partial charge in [0.15, 0.2) is 0 Å². The molecule has 3 N–H and O–H groups in total. The number of phosphoric acid groups is 1. The second-order valence-electron chi connectivity index (χ2n) is 15.4. The van der Waals surface area contributed by atoms with Crippen LogP contribution in [0.4, 0.5) is 0 Å². The number of amides is 1. The lowest BCUT2D eigenvalue weighted by atomic mass is 10.1. The van der Waals surface area contributed by atoms with Gasteiger partial charge in [-0.3, -0.25) is 13.8 Å². The molecular weight excluding hydrogens is 687 g/mol. The summed E-state index contributed by atoms with van der Waals surface area (Å²) in [7, 11) is 1.51. The second kappa shape index (κ2) is 31.4. The number of hydrogen-bond acceptors (Lipinski definition) is 6. The van der Waals surface area contributed by atoms with Gasteiger partial charge in [-0.2, -0.15) is 0 Å². The van der Waals surface area contributed by atoms with Crippen molar-refractivity contribution in [1.82, 2.24) is 5.32 Å². The fourth-order valence-electron chi connectivity index (χ4n) is 5.60. The van der Waals surface area contributed by atoms with Crippen LogP contribution in [-0.4, -0.2) is 85.6 Å². The van der Waals surface area contributed by atoms with Crippen LogP contribution in [0.2, 0.25) is 0 Å². The van der Waals surface area contributed by atoms with Crippen molar-refractivity contribution in [2.45, 2.75) is 167 Å². The maximum absolute atomic E-state index is 12.8. The van der Waals surface area contributed by atoms with E-state index in [-0.39, 0.29) is 31.6 Å². The second-order valence-corrected chi connectivity index (χ2v) is 16.8. The van der Waals surface area contributed by atoms with E-state index in [1.54, 1.807) is 6.08 Å². The Kier molecular flexibility index (Phi) is 29.1. The molecule has 0 saturated carbocycles. The van der Waals surface area contributed by atoms with Crippen LogP contribution < -0.4 is 5.32 Å². The maximum Gasteiger partial charge on any atom is 0.472 e. The summed E-state index contributed by atoms with van der Waals surface area (Å²) in [4.78, 5) is 23.1. The number of carbonyl (C=O) groups excluding carboxylic acids is 1. The van der Waals surface area contributed by atoms with E-state index in [0.29, 0.717) is 23.6 Å². The van der Waals surface area contributed by atoms with Gasteiger partial charge in [0.25, 0.3) is 0 Å². The van der Waals surface area contributed by atoms with Crippen LogP contribution in [0.15, 0.2) is 60.8 Å². The standard InChI is InChI=1S/C43H77N2O7P/c1-6-8-10-12-14-16-17-18-19-21-22-24-28-32-40(46)39(38-51-53(48,49)50-37-36-45(3,4)5)44-43(47)35-31-27-26-30-34-42-41(52-42)33-29-25-23-20-15-13-11-9-7-2/h10,12,15,20,25-26,28-30,32,39-42,46H,6-9,11,13-14,16-19,21-24,27,31,33-38H2,1-5H3,(H-,44,47,48,49)/p+1/b12-10-,20-15-,29-25-,30-26-,32-28+/t39-,40+,41?,42?/m0/s1. The number of quaternary nitrogens is 1. The highest BCUT2D eigenvalue weighted by Crippen LogP contribution is 2.43. The summed E-state index contributed by atoms with van der Waals surface area (Å²) in [5.41, 5.74) is 0. The molecule has 1 fully saturated rings. The maximum atomic E-state index is 12.8. The Bertz CT molecular complexity index is 1110. The van der Waals surface area contributed by atoms with Gasteiger partial charge >= 0.3 is 7.82 Å². The minimum atomic E-state index is -4.36. The Balaban J connectivity index is 2.42. The molecular formula is C43H78N2O7P+. The first-order chi connectivity index (χ1) is 25.5. The third kappa shape index (κ3) is 31.1. The molecule has 0 aromatic carbocycles. The molecule has 0 spiro atoms. The molecule has 9 nitrogen and oxygen atoms in total. The van der Waals surface area contributed by atoms with Crippen molar-refractivity contribution in [2.24, 2.45) is 0 Å². The fourth-order valence-corrected chi connectivity index (χ4v) is 6.34. The summed E-state index contributed by atoms with van der Waals surface area (Å²) in [5.74, 6) is -0.243. The van der Waals surface area contributed by atoms with Gasteiger partial charge in [-0.25, -0.2) is 4.57 Å². The minimum Gasteiger partial charge on any atom is -0.387 e. The van der Waals surface area contributed by atoms with E-state index in [1.807, 2.05) is 27.2 Å². The summed E-state index contributed by atoms with van der Waals surface area (Å²) in [6, 6.07) is -0.886. The van der Waals surface area contributed by atoms with E-state index in [4.69, 9.17) is 13.8 Å². The highest BCUT2D eigenvalue weighted by atomic mass is 31.2. The van der Waals surface area contributed by atoms with Crippen molar-refractivity contribution >= 4 is 13.7 Å². The van der Waals surface area contributed by atoms with Crippen LogP contribution >= 0.6 is 7.82 Å². The number of epoxide rings is 1. The lowest BCUT2D eigenvalue weighted by Gasteiger charge is -2.25. The van der Waals surface area contributed by atoms with E-state index < -0.39 is 20.0 Å². The SMILES string of the molecule is CCC/C=C\CCCCCCCC/C=C/[C@@H](O)[C@H](COP(=O)(O)OCC[N+](C)(C)C)NC(=O)CCC/C=C\CC1OC1C/C=C\C/C=C\CCCCC. The largest absolute Gasteiger partial charge is 0.472 e. The number of nitrogens with zero attached hydrogens (tertiary/aromatic N) is 1. The minimum absolute atomic E-state index is 0.0436. The highest BCUT2D eigenvalue weighted by molar-refractivity contribution is 7.47. The van der Waals surface area contributed by atoms with Crippen LogP contribution in [0.5, 0.6) is 0 Å². The van der Waals surface area contributed by atoms with Gasteiger partial charge in [-0.1, -0.05) is 120 Å². The Labute approximate surface area is 324 Å². The first-order valence-corrected chi connectivity index (χ1v) is 22.3. The van der Waals surface area contributed by atoms with E-state index in [0.717, 1.165) is 44.9 Å². The van der Waals surface area contributed by atoms with Gasteiger partial charge < -0.3 is 24.5 Å². The van der Waals surface area contributed by atoms with E-state index >= 15 is 0 Å². The molecule has 3 unspecified atom stereocenters. The number of carbonyl (C=O) groups is 1. The smallest absolute Gasteiger partial charge is 0.387 e.